The van der Waals surface area contributed by atoms with Crippen LogP contribution in [0.5, 0.6) is 0 Å². The van der Waals surface area contributed by atoms with E-state index in [4.69, 9.17) is 11.6 Å². The molecule has 94 valence electrons. The number of nitrogens with zero attached hydrogens (tertiary/aromatic N) is 2. The summed E-state index contributed by atoms with van der Waals surface area (Å²) in [6.07, 6.45) is 0. The van der Waals surface area contributed by atoms with Crippen molar-refractivity contribution >= 4 is 17.3 Å². The lowest BCUT2D eigenvalue weighted by molar-refractivity contribution is 0.269. The molecular formula is C13H19ClN2O. The third-order valence-electron chi connectivity index (χ3n) is 3.36. The van der Waals surface area contributed by atoms with Crippen molar-refractivity contribution in [1.82, 2.24) is 4.90 Å². The van der Waals surface area contributed by atoms with Crippen LogP contribution in [0.3, 0.4) is 0 Å². The van der Waals surface area contributed by atoms with Gasteiger partial charge in [0.2, 0.25) is 0 Å². The minimum absolute atomic E-state index is 0.0611. The van der Waals surface area contributed by atoms with Crippen molar-refractivity contribution in [2.75, 3.05) is 31.6 Å². The molecule has 1 unspecified atom stereocenters. The summed E-state index contributed by atoms with van der Waals surface area (Å²) in [6.45, 7) is 5.33. The molecule has 1 atom stereocenters. The van der Waals surface area contributed by atoms with E-state index >= 15 is 0 Å². The maximum atomic E-state index is 9.40. The lowest BCUT2D eigenvalue weighted by atomic mass is 10.1. The van der Waals surface area contributed by atoms with Crippen molar-refractivity contribution in [2.24, 2.45) is 0 Å². The van der Waals surface area contributed by atoms with Crippen molar-refractivity contribution in [3.8, 4) is 0 Å². The number of piperazine rings is 1. The lowest BCUT2D eigenvalue weighted by Crippen LogP contribution is -2.50. The van der Waals surface area contributed by atoms with Gasteiger partial charge in [0.25, 0.3) is 0 Å². The average Bonchev–Trinajstić information content (AvgIpc) is 2.29. The van der Waals surface area contributed by atoms with Crippen LogP contribution < -0.4 is 4.90 Å². The van der Waals surface area contributed by atoms with E-state index in [9.17, 15) is 5.11 Å². The second-order valence-corrected chi connectivity index (χ2v) is 5.17. The lowest BCUT2D eigenvalue weighted by Gasteiger charge is -2.40. The third kappa shape index (κ3) is 2.73. The summed E-state index contributed by atoms with van der Waals surface area (Å²) in [6, 6.07) is 6.13. The summed E-state index contributed by atoms with van der Waals surface area (Å²) >= 11 is 6.05. The Hall–Kier alpha value is -0.770. The van der Waals surface area contributed by atoms with Crippen molar-refractivity contribution in [3.63, 3.8) is 0 Å². The summed E-state index contributed by atoms with van der Waals surface area (Å²) in [5.74, 6) is 0. The number of hydrogen-bond donors (Lipinski definition) is 1. The molecule has 0 saturated carbocycles. The highest BCUT2D eigenvalue weighted by Crippen LogP contribution is 2.28. The molecule has 0 spiro atoms. The Bertz CT molecular complexity index is 397. The first-order chi connectivity index (χ1) is 8.11. The summed E-state index contributed by atoms with van der Waals surface area (Å²) in [4.78, 5) is 4.65. The van der Waals surface area contributed by atoms with E-state index in [0.29, 0.717) is 6.04 Å². The zero-order valence-corrected chi connectivity index (χ0v) is 11.1. The van der Waals surface area contributed by atoms with Gasteiger partial charge in [-0.05, 0) is 26.1 Å². The van der Waals surface area contributed by atoms with Gasteiger partial charge in [-0.2, -0.15) is 0 Å². The second-order valence-electron chi connectivity index (χ2n) is 4.74. The summed E-state index contributed by atoms with van der Waals surface area (Å²) in [7, 11) is 2.14. The highest BCUT2D eigenvalue weighted by Gasteiger charge is 2.23. The first-order valence-electron chi connectivity index (χ1n) is 5.96. The molecule has 1 aromatic rings. The van der Waals surface area contributed by atoms with Gasteiger partial charge in [-0.25, -0.2) is 0 Å². The Morgan fingerprint density at radius 2 is 2.18 bits per heavy atom. The molecule has 1 N–H and O–H groups in total. The molecule has 0 radical (unpaired) electrons. The van der Waals surface area contributed by atoms with Crippen LogP contribution in [0, 0.1) is 0 Å². The van der Waals surface area contributed by atoms with E-state index in [-0.39, 0.29) is 6.61 Å². The maximum Gasteiger partial charge on any atom is 0.0702 e. The Balaban J connectivity index is 2.29. The van der Waals surface area contributed by atoms with Crippen molar-refractivity contribution in [3.05, 3.63) is 28.8 Å². The molecule has 1 aliphatic rings. The molecule has 0 amide bonds. The number of likely N-dealkylation sites (N-methyl/N-ethyl adjacent to an activating group) is 1. The summed E-state index contributed by atoms with van der Waals surface area (Å²) in [5, 5.41) is 10.1. The summed E-state index contributed by atoms with van der Waals surface area (Å²) in [5.41, 5.74) is 2.02. The van der Waals surface area contributed by atoms with Crippen molar-refractivity contribution in [1.29, 1.82) is 0 Å². The molecule has 2 rings (SSSR count). The van der Waals surface area contributed by atoms with Crippen LogP contribution in [0.2, 0.25) is 5.02 Å². The van der Waals surface area contributed by atoms with Gasteiger partial charge in [-0.15, -0.1) is 0 Å². The molecule has 1 aromatic carbocycles. The third-order valence-corrected chi connectivity index (χ3v) is 3.59. The number of halogens is 1. The van der Waals surface area contributed by atoms with E-state index in [1.807, 2.05) is 18.2 Å². The topological polar surface area (TPSA) is 26.7 Å². The van der Waals surface area contributed by atoms with Gasteiger partial charge < -0.3 is 14.9 Å². The second kappa shape index (κ2) is 5.25. The average molecular weight is 255 g/mol. The Kier molecular flexibility index (Phi) is 3.92. The van der Waals surface area contributed by atoms with Crippen molar-refractivity contribution in [2.45, 2.75) is 19.6 Å². The Labute approximate surface area is 108 Å². The molecule has 1 fully saturated rings. The van der Waals surface area contributed by atoms with Crippen LogP contribution >= 0.6 is 11.6 Å². The van der Waals surface area contributed by atoms with Gasteiger partial charge >= 0.3 is 0 Å². The van der Waals surface area contributed by atoms with Crippen LogP contribution in [0.25, 0.3) is 0 Å². The first-order valence-corrected chi connectivity index (χ1v) is 6.34. The minimum Gasteiger partial charge on any atom is -0.392 e. The molecule has 1 saturated heterocycles. The zero-order chi connectivity index (χ0) is 12.4. The minimum atomic E-state index is 0.0611. The molecule has 4 heteroatoms. The Morgan fingerprint density at radius 3 is 2.82 bits per heavy atom. The van der Waals surface area contributed by atoms with E-state index in [1.54, 1.807) is 0 Å². The fraction of sp³-hybridized carbons (Fsp3) is 0.538. The van der Waals surface area contributed by atoms with Crippen LogP contribution in [0.15, 0.2) is 18.2 Å². The molecular weight excluding hydrogens is 236 g/mol. The number of anilines is 1. The van der Waals surface area contributed by atoms with Gasteiger partial charge in [0.1, 0.15) is 0 Å². The fourth-order valence-electron chi connectivity index (χ4n) is 2.44. The molecule has 0 aromatic heterocycles. The number of benzene rings is 1. The number of aliphatic hydroxyl groups is 1. The maximum absolute atomic E-state index is 9.40. The molecule has 0 bridgehead atoms. The predicted octanol–water partition coefficient (Wildman–Crippen LogP) is 1.97. The van der Waals surface area contributed by atoms with Gasteiger partial charge in [0.05, 0.1) is 6.61 Å². The van der Waals surface area contributed by atoms with E-state index in [1.165, 1.54) is 0 Å². The molecule has 3 nitrogen and oxygen atoms in total. The van der Waals surface area contributed by atoms with E-state index in [2.05, 4.69) is 23.8 Å². The zero-order valence-electron chi connectivity index (χ0n) is 10.4. The van der Waals surface area contributed by atoms with Crippen LogP contribution in [-0.2, 0) is 6.61 Å². The number of rotatable bonds is 2. The monoisotopic (exact) mass is 254 g/mol. The Morgan fingerprint density at radius 1 is 1.41 bits per heavy atom. The van der Waals surface area contributed by atoms with E-state index in [0.717, 1.165) is 35.9 Å². The number of hydrogen-bond acceptors (Lipinski definition) is 3. The van der Waals surface area contributed by atoms with Gasteiger partial charge in [0.15, 0.2) is 0 Å². The van der Waals surface area contributed by atoms with Gasteiger partial charge in [0, 0.05) is 41.9 Å². The highest BCUT2D eigenvalue weighted by molar-refractivity contribution is 6.30. The normalized spacial score (nSPS) is 21.9. The fourth-order valence-corrected chi connectivity index (χ4v) is 2.60. The van der Waals surface area contributed by atoms with Crippen LogP contribution in [-0.4, -0.2) is 42.7 Å². The largest absolute Gasteiger partial charge is 0.392 e. The quantitative estimate of drug-likeness (QED) is 0.874. The van der Waals surface area contributed by atoms with Crippen LogP contribution in [0.1, 0.15) is 12.5 Å². The smallest absolute Gasteiger partial charge is 0.0702 e. The highest BCUT2D eigenvalue weighted by atomic mass is 35.5. The van der Waals surface area contributed by atoms with Gasteiger partial charge in [-0.3, -0.25) is 0 Å². The van der Waals surface area contributed by atoms with Crippen LogP contribution in [0.4, 0.5) is 5.69 Å². The van der Waals surface area contributed by atoms with E-state index < -0.39 is 0 Å². The predicted molar refractivity (Wildman–Crippen MR) is 71.7 cm³/mol. The molecule has 0 aliphatic carbocycles. The van der Waals surface area contributed by atoms with Crippen molar-refractivity contribution < 1.29 is 5.11 Å². The molecule has 17 heavy (non-hydrogen) atoms. The number of aliphatic hydroxyl groups excluding tert-OH is 1. The molecule has 1 aliphatic heterocycles. The first kappa shape index (κ1) is 12.7. The summed E-state index contributed by atoms with van der Waals surface area (Å²) < 4.78 is 0. The standard InChI is InChI=1S/C13H19ClN2O/c1-10-8-15(2)5-6-16(10)13-7-12(14)4-3-11(13)9-17/h3-4,7,10,17H,5-6,8-9H2,1-2H3. The van der Waals surface area contributed by atoms with Gasteiger partial charge in [-0.1, -0.05) is 17.7 Å². The molecule has 1 heterocycles. The SMILES string of the molecule is CC1CN(C)CCN1c1cc(Cl)ccc1CO.